The van der Waals surface area contributed by atoms with Gasteiger partial charge in [-0.2, -0.15) is 0 Å². The van der Waals surface area contributed by atoms with Gasteiger partial charge in [-0.05, 0) is 48.9 Å². The molecule has 1 amide bonds. The molecule has 0 aliphatic heterocycles. The van der Waals surface area contributed by atoms with Crippen LogP contribution < -0.4 is 14.8 Å². The normalized spacial score (nSPS) is 10.9. The Morgan fingerprint density at radius 3 is 2.77 bits per heavy atom. The van der Waals surface area contributed by atoms with Crippen LogP contribution in [0.2, 0.25) is 0 Å². The van der Waals surface area contributed by atoms with Crippen molar-refractivity contribution in [3.8, 4) is 28.5 Å². The number of imidazole rings is 1. The zero-order chi connectivity index (χ0) is 21.3. The van der Waals surface area contributed by atoms with Crippen LogP contribution in [0.1, 0.15) is 11.3 Å². The molecular formula is C22H21N3O4S. The summed E-state index contributed by atoms with van der Waals surface area (Å²) in [5.41, 5.74) is 3.88. The van der Waals surface area contributed by atoms with E-state index in [1.807, 2.05) is 41.1 Å². The van der Waals surface area contributed by atoms with Gasteiger partial charge in [0.15, 0.2) is 4.96 Å². The fraction of sp³-hybridized carbons (Fsp3) is 0.182. The van der Waals surface area contributed by atoms with Gasteiger partial charge in [-0.15, -0.1) is 11.3 Å². The molecule has 0 saturated heterocycles. The highest BCUT2D eigenvalue weighted by atomic mass is 32.1. The number of carbonyl (C=O) groups is 1. The SMILES string of the molecule is COc1ccc(OC)c(-c2cn3c(CC(=O)Nc4ccc(O)cc4C)csc3n2)c1. The number of hydrogen-bond acceptors (Lipinski definition) is 6. The number of ether oxygens (including phenoxy) is 2. The molecule has 2 heterocycles. The third-order valence-electron chi connectivity index (χ3n) is 4.79. The zero-order valence-electron chi connectivity index (χ0n) is 16.8. The van der Waals surface area contributed by atoms with E-state index in [9.17, 15) is 9.90 Å². The van der Waals surface area contributed by atoms with E-state index < -0.39 is 0 Å². The maximum atomic E-state index is 12.6. The second-order valence-electron chi connectivity index (χ2n) is 6.80. The van der Waals surface area contributed by atoms with Gasteiger partial charge in [-0.25, -0.2) is 4.98 Å². The van der Waals surface area contributed by atoms with Crippen molar-refractivity contribution in [3.05, 3.63) is 59.2 Å². The summed E-state index contributed by atoms with van der Waals surface area (Å²) in [6, 6.07) is 10.4. The Labute approximate surface area is 177 Å². The number of nitrogens with zero attached hydrogens (tertiary/aromatic N) is 2. The smallest absolute Gasteiger partial charge is 0.230 e. The molecule has 0 saturated carbocycles. The monoisotopic (exact) mass is 423 g/mol. The molecule has 0 atom stereocenters. The third-order valence-corrected chi connectivity index (χ3v) is 5.68. The highest BCUT2D eigenvalue weighted by Gasteiger charge is 2.16. The molecule has 0 radical (unpaired) electrons. The van der Waals surface area contributed by atoms with Crippen molar-refractivity contribution in [2.75, 3.05) is 19.5 Å². The first-order valence-corrected chi connectivity index (χ1v) is 10.1. The molecule has 0 aliphatic carbocycles. The van der Waals surface area contributed by atoms with Crippen molar-refractivity contribution in [3.63, 3.8) is 0 Å². The van der Waals surface area contributed by atoms with Crippen LogP contribution in [-0.2, 0) is 11.2 Å². The first kappa shape index (κ1) is 19.8. The van der Waals surface area contributed by atoms with Gasteiger partial charge in [-0.1, -0.05) is 0 Å². The Morgan fingerprint density at radius 1 is 1.20 bits per heavy atom. The Bertz CT molecular complexity index is 1230. The Morgan fingerprint density at radius 2 is 2.03 bits per heavy atom. The number of benzene rings is 2. The van der Waals surface area contributed by atoms with Gasteiger partial charge in [0.2, 0.25) is 5.91 Å². The molecule has 7 nitrogen and oxygen atoms in total. The van der Waals surface area contributed by atoms with E-state index in [1.54, 1.807) is 32.4 Å². The number of aryl methyl sites for hydroxylation is 1. The minimum atomic E-state index is -0.141. The van der Waals surface area contributed by atoms with E-state index in [0.29, 0.717) is 17.2 Å². The molecule has 0 bridgehead atoms. The largest absolute Gasteiger partial charge is 0.508 e. The Hall–Kier alpha value is -3.52. The lowest BCUT2D eigenvalue weighted by molar-refractivity contribution is -0.115. The average molecular weight is 423 g/mol. The van der Waals surface area contributed by atoms with Crippen LogP contribution in [0.3, 0.4) is 0 Å². The second-order valence-corrected chi connectivity index (χ2v) is 7.63. The highest BCUT2D eigenvalue weighted by Crippen LogP contribution is 2.34. The highest BCUT2D eigenvalue weighted by molar-refractivity contribution is 7.15. The first-order chi connectivity index (χ1) is 14.5. The molecule has 8 heteroatoms. The molecule has 4 rings (SSSR count). The number of carbonyl (C=O) groups excluding carboxylic acids is 1. The number of amides is 1. The summed E-state index contributed by atoms with van der Waals surface area (Å²) < 4.78 is 12.7. The van der Waals surface area contributed by atoms with Gasteiger partial charge in [0.1, 0.15) is 17.2 Å². The fourth-order valence-corrected chi connectivity index (χ4v) is 4.12. The van der Waals surface area contributed by atoms with Crippen molar-refractivity contribution in [2.24, 2.45) is 0 Å². The number of phenolic OH excluding ortho intramolecular Hbond substituents is 1. The molecule has 0 aliphatic rings. The summed E-state index contributed by atoms with van der Waals surface area (Å²) in [6.45, 7) is 1.84. The standard InChI is InChI=1S/C22H21N3O4S/c1-13-8-15(26)4-6-18(13)23-21(27)9-14-12-30-22-24-19(11-25(14)22)17-10-16(28-2)5-7-20(17)29-3/h4-8,10-12,26H,9H2,1-3H3,(H,23,27). The van der Waals surface area contributed by atoms with Crippen molar-refractivity contribution in [1.29, 1.82) is 0 Å². The lowest BCUT2D eigenvalue weighted by atomic mass is 10.1. The van der Waals surface area contributed by atoms with Crippen molar-refractivity contribution >= 4 is 27.9 Å². The predicted octanol–water partition coefficient (Wildman–Crippen LogP) is 4.28. The van der Waals surface area contributed by atoms with Crippen LogP contribution in [-0.4, -0.2) is 34.6 Å². The van der Waals surface area contributed by atoms with Gasteiger partial charge in [-0.3, -0.25) is 9.20 Å². The van der Waals surface area contributed by atoms with E-state index in [-0.39, 0.29) is 18.1 Å². The van der Waals surface area contributed by atoms with Crippen LogP contribution in [0.25, 0.3) is 16.2 Å². The Kier molecular flexibility index (Phi) is 5.33. The van der Waals surface area contributed by atoms with E-state index in [1.165, 1.54) is 11.3 Å². The number of hydrogen-bond donors (Lipinski definition) is 2. The molecule has 154 valence electrons. The van der Waals surface area contributed by atoms with Crippen LogP contribution in [0.5, 0.6) is 17.2 Å². The topological polar surface area (TPSA) is 85.1 Å². The summed E-state index contributed by atoms with van der Waals surface area (Å²) in [4.78, 5) is 18.1. The number of methoxy groups -OCH3 is 2. The van der Waals surface area contributed by atoms with E-state index in [4.69, 9.17) is 9.47 Å². The number of nitrogens with one attached hydrogen (secondary N) is 1. The van der Waals surface area contributed by atoms with E-state index in [2.05, 4.69) is 10.3 Å². The number of aromatic nitrogens is 2. The van der Waals surface area contributed by atoms with Crippen LogP contribution in [0.4, 0.5) is 5.69 Å². The van der Waals surface area contributed by atoms with Crippen molar-refractivity contribution in [1.82, 2.24) is 9.38 Å². The van der Waals surface area contributed by atoms with Gasteiger partial charge < -0.3 is 19.9 Å². The lowest BCUT2D eigenvalue weighted by Gasteiger charge is -2.09. The summed E-state index contributed by atoms with van der Waals surface area (Å²) in [6.07, 6.45) is 2.10. The van der Waals surface area contributed by atoms with Crippen LogP contribution in [0.15, 0.2) is 48.0 Å². The second kappa shape index (κ2) is 8.08. The third kappa shape index (κ3) is 3.81. The number of thiazole rings is 1. The average Bonchev–Trinajstić information content (AvgIpc) is 3.31. The quantitative estimate of drug-likeness (QED) is 0.452. The number of rotatable bonds is 6. The number of phenols is 1. The van der Waals surface area contributed by atoms with Crippen molar-refractivity contribution < 1.29 is 19.4 Å². The minimum absolute atomic E-state index is 0.141. The molecule has 4 aromatic rings. The molecular weight excluding hydrogens is 402 g/mol. The molecule has 2 aromatic heterocycles. The van der Waals surface area contributed by atoms with E-state index in [0.717, 1.165) is 27.5 Å². The maximum Gasteiger partial charge on any atom is 0.230 e. The summed E-state index contributed by atoms with van der Waals surface area (Å²) in [5, 5.41) is 14.4. The fourth-order valence-electron chi connectivity index (χ4n) is 3.25. The lowest BCUT2D eigenvalue weighted by Crippen LogP contribution is -2.15. The van der Waals surface area contributed by atoms with Gasteiger partial charge in [0, 0.05) is 28.5 Å². The number of fused-ring (bicyclic) bond motifs is 1. The summed E-state index contributed by atoms with van der Waals surface area (Å²) in [5.74, 6) is 1.44. The zero-order valence-corrected chi connectivity index (χ0v) is 17.6. The van der Waals surface area contributed by atoms with Gasteiger partial charge >= 0.3 is 0 Å². The molecule has 0 fully saturated rings. The predicted molar refractivity (Wildman–Crippen MR) is 117 cm³/mol. The molecule has 30 heavy (non-hydrogen) atoms. The van der Waals surface area contributed by atoms with Gasteiger partial charge in [0.25, 0.3) is 0 Å². The molecule has 0 spiro atoms. The van der Waals surface area contributed by atoms with Crippen LogP contribution in [0, 0.1) is 6.92 Å². The minimum Gasteiger partial charge on any atom is -0.508 e. The molecule has 2 N–H and O–H groups in total. The van der Waals surface area contributed by atoms with Crippen molar-refractivity contribution in [2.45, 2.75) is 13.3 Å². The summed E-state index contributed by atoms with van der Waals surface area (Å²) in [7, 11) is 3.23. The van der Waals surface area contributed by atoms with Crippen LogP contribution >= 0.6 is 11.3 Å². The maximum absolute atomic E-state index is 12.6. The van der Waals surface area contributed by atoms with Gasteiger partial charge in [0.05, 0.1) is 26.3 Å². The number of aromatic hydroxyl groups is 1. The Balaban J connectivity index is 1.60. The molecule has 0 unspecified atom stereocenters. The first-order valence-electron chi connectivity index (χ1n) is 9.26. The number of anilines is 1. The molecule has 2 aromatic carbocycles. The van der Waals surface area contributed by atoms with E-state index >= 15 is 0 Å². The summed E-state index contributed by atoms with van der Waals surface area (Å²) >= 11 is 1.47.